The predicted molar refractivity (Wildman–Crippen MR) is 59.2 cm³/mol. The van der Waals surface area contributed by atoms with Crippen molar-refractivity contribution in [3.05, 3.63) is 27.3 Å². The van der Waals surface area contributed by atoms with Gasteiger partial charge >= 0.3 is 0 Å². The van der Waals surface area contributed by atoms with Crippen molar-refractivity contribution in [1.29, 1.82) is 0 Å². The fourth-order valence-corrected chi connectivity index (χ4v) is 2.12. The van der Waals surface area contributed by atoms with E-state index in [-0.39, 0.29) is 6.10 Å². The fourth-order valence-electron chi connectivity index (χ4n) is 1.57. The number of halogens is 1. The standard InChI is InChI=1S/C10H11IO2/c1-12-6-9-5-7-4-8(11)2-3-10(7)13-9/h2-4,9H,5-6H2,1H3. The minimum absolute atomic E-state index is 0.207. The highest BCUT2D eigenvalue weighted by Gasteiger charge is 2.22. The zero-order valence-electron chi connectivity index (χ0n) is 7.42. The van der Waals surface area contributed by atoms with E-state index in [2.05, 4.69) is 34.7 Å². The molecule has 1 aliphatic heterocycles. The molecule has 2 rings (SSSR count). The molecule has 1 unspecified atom stereocenters. The van der Waals surface area contributed by atoms with Gasteiger partial charge in [-0.1, -0.05) is 0 Å². The van der Waals surface area contributed by atoms with E-state index in [1.165, 1.54) is 9.13 Å². The van der Waals surface area contributed by atoms with Crippen LogP contribution in [0, 0.1) is 3.57 Å². The lowest BCUT2D eigenvalue weighted by Gasteiger charge is -2.07. The van der Waals surface area contributed by atoms with Crippen LogP contribution in [0.3, 0.4) is 0 Å². The lowest BCUT2D eigenvalue weighted by atomic mass is 10.1. The summed E-state index contributed by atoms with van der Waals surface area (Å²) < 4.78 is 12.0. The average Bonchev–Trinajstić information content (AvgIpc) is 2.46. The number of benzene rings is 1. The Kier molecular flexibility index (Phi) is 2.74. The van der Waals surface area contributed by atoms with Gasteiger partial charge in [-0.3, -0.25) is 0 Å². The molecular formula is C10H11IO2. The van der Waals surface area contributed by atoms with Crippen LogP contribution in [0.5, 0.6) is 5.75 Å². The third-order valence-electron chi connectivity index (χ3n) is 2.12. The second-order valence-electron chi connectivity index (χ2n) is 3.15. The van der Waals surface area contributed by atoms with E-state index in [4.69, 9.17) is 9.47 Å². The number of methoxy groups -OCH3 is 1. The van der Waals surface area contributed by atoms with Crippen LogP contribution in [0.1, 0.15) is 5.56 Å². The summed E-state index contributed by atoms with van der Waals surface area (Å²) in [5.41, 5.74) is 1.30. The van der Waals surface area contributed by atoms with Gasteiger partial charge in [-0.15, -0.1) is 0 Å². The van der Waals surface area contributed by atoms with Crippen molar-refractivity contribution in [1.82, 2.24) is 0 Å². The number of fused-ring (bicyclic) bond motifs is 1. The molecule has 70 valence electrons. The summed E-state index contributed by atoms with van der Waals surface area (Å²) in [6, 6.07) is 6.27. The average molecular weight is 290 g/mol. The number of hydrogen-bond acceptors (Lipinski definition) is 2. The Morgan fingerprint density at radius 2 is 2.46 bits per heavy atom. The van der Waals surface area contributed by atoms with E-state index >= 15 is 0 Å². The Balaban J connectivity index is 2.16. The van der Waals surface area contributed by atoms with Crippen molar-refractivity contribution in [3.8, 4) is 5.75 Å². The van der Waals surface area contributed by atoms with Crippen molar-refractivity contribution in [2.75, 3.05) is 13.7 Å². The van der Waals surface area contributed by atoms with Crippen LogP contribution >= 0.6 is 22.6 Å². The Morgan fingerprint density at radius 3 is 3.23 bits per heavy atom. The van der Waals surface area contributed by atoms with Gasteiger partial charge in [0.2, 0.25) is 0 Å². The molecule has 0 aliphatic carbocycles. The zero-order chi connectivity index (χ0) is 9.26. The minimum Gasteiger partial charge on any atom is -0.487 e. The van der Waals surface area contributed by atoms with Crippen molar-refractivity contribution in [2.45, 2.75) is 12.5 Å². The first-order valence-corrected chi connectivity index (χ1v) is 5.31. The maximum absolute atomic E-state index is 5.67. The van der Waals surface area contributed by atoms with E-state index in [1.807, 2.05) is 6.07 Å². The van der Waals surface area contributed by atoms with Crippen molar-refractivity contribution >= 4 is 22.6 Å². The Hall–Kier alpha value is -0.290. The predicted octanol–water partition coefficient (Wildman–Crippen LogP) is 2.24. The molecular weight excluding hydrogens is 279 g/mol. The molecule has 1 aromatic carbocycles. The van der Waals surface area contributed by atoms with Gasteiger partial charge in [0.15, 0.2) is 0 Å². The molecule has 0 N–H and O–H groups in total. The summed E-state index contributed by atoms with van der Waals surface area (Å²) in [6.45, 7) is 0.672. The van der Waals surface area contributed by atoms with Gasteiger partial charge in [0.05, 0.1) is 6.61 Å². The van der Waals surface area contributed by atoms with E-state index in [0.29, 0.717) is 6.61 Å². The van der Waals surface area contributed by atoms with Crippen LogP contribution < -0.4 is 4.74 Å². The van der Waals surface area contributed by atoms with E-state index in [0.717, 1.165) is 12.2 Å². The normalized spacial score (nSPS) is 19.7. The Labute approximate surface area is 91.4 Å². The molecule has 0 aromatic heterocycles. The molecule has 1 aromatic rings. The SMILES string of the molecule is COCC1Cc2cc(I)ccc2O1. The molecule has 0 amide bonds. The van der Waals surface area contributed by atoms with Gasteiger partial charge in [-0.25, -0.2) is 0 Å². The van der Waals surface area contributed by atoms with E-state index < -0.39 is 0 Å². The second-order valence-corrected chi connectivity index (χ2v) is 4.40. The maximum Gasteiger partial charge on any atom is 0.126 e. The van der Waals surface area contributed by atoms with Crippen molar-refractivity contribution in [2.24, 2.45) is 0 Å². The monoisotopic (exact) mass is 290 g/mol. The lowest BCUT2D eigenvalue weighted by Crippen LogP contribution is -2.19. The smallest absolute Gasteiger partial charge is 0.126 e. The third kappa shape index (κ3) is 1.96. The number of rotatable bonds is 2. The molecule has 1 heterocycles. The van der Waals surface area contributed by atoms with Crippen LogP contribution in [0.2, 0.25) is 0 Å². The molecule has 0 saturated heterocycles. The summed E-state index contributed by atoms with van der Waals surface area (Å²) in [6.07, 6.45) is 1.18. The van der Waals surface area contributed by atoms with Gasteiger partial charge in [-0.05, 0) is 46.4 Å². The van der Waals surface area contributed by atoms with Gasteiger partial charge in [0.25, 0.3) is 0 Å². The summed E-state index contributed by atoms with van der Waals surface area (Å²) in [5, 5.41) is 0. The van der Waals surface area contributed by atoms with Crippen LogP contribution in [0.25, 0.3) is 0 Å². The number of hydrogen-bond donors (Lipinski definition) is 0. The number of ether oxygens (including phenoxy) is 2. The van der Waals surface area contributed by atoms with Gasteiger partial charge in [0.1, 0.15) is 11.9 Å². The van der Waals surface area contributed by atoms with Crippen LogP contribution in [0.4, 0.5) is 0 Å². The first-order chi connectivity index (χ1) is 6.29. The van der Waals surface area contributed by atoms with E-state index in [9.17, 15) is 0 Å². The minimum atomic E-state index is 0.207. The molecule has 0 bridgehead atoms. The quantitative estimate of drug-likeness (QED) is 0.778. The highest BCUT2D eigenvalue weighted by Crippen LogP contribution is 2.29. The summed E-state index contributed by atoms with van der Waals surface area (Å²) in [7, 11) is 1.70. The van der Waals surface area contributed by atoms with Crippen LogP contribution in [-0.4, -0.2) is 19.8 Å². The first kappa shape index (κ1) is 9.27. The third-order valence-corrected chi connectivity index (χ3v) is 2.79. The fraction of sp³-hybridized carbons (Fsp3) is 0.400. The molecule has 1 atom stereocenters. The molecule has 0 saturated carbocycles. The highest BCUT2D eigenvalue weighted by atomic mass is 127. The summed E-state index contributed by atoms with van der Waals surface area (Å²) in [4.78, 5) is 0. The molecule has 13 heavy (non-hydrogen) atoms. The van der Waals surface area contributed by atoms with E-state index in [1.54, 1.807) is 7.11 Å². The second kappa shape index (κ2) is 3.84. The van der Waals surface area contributed by atoms with Crippen LogP contribution in [-0.2, 0) is 11.2 Å². The van der Waals surface area contributed by atoms with Crippen molar-refractivity contribution in [3.63, 3.8) is 0 Å². The summed E-state index contributed by atoms with van der Waals surface area (Å²) >= 11 is 2.31. The largest absolute Gasteiger partial charge is 0.487 e. The van der Waals surface area contributed by atoms with Crippen LogP contribution in [0.15, 0.2) is 18.2 Å². The van der Waals surface area contributed by atoms with Gasteiger partial charge in [0, 0.05) is 17.1 Å². The molecule has 0 fully saturated rings. The maximum atomic E-state index is 5.67. The molecule has 0 spiro atoms. The Morgan fingerprint density at radius 1 is 1.62 bits per heavy atom. The molecule has 3 heteroatoms. The Bertz CT molecular complexity index is 312. The lowest BCUT2D eigenvalue weighted by molar-refractivity contribution is 0.0951. The van der Waals surface area contributed by atoms with Crippen molar-refractivity contribution < 1.29 is 9.47 Å². The zero-order valence-corrected chi connectivity index (χ0v) is 9.58. The molecule has 1 aliphatic rings. The molecule has 2 nitrogen and oxygen atoms in total. The first-order valence-electron chi connectivity index (χ1n) is 4.23. The van der Waals surface area contributed by atoms with Gasteiger partial charge < -0.3 is 9.47 Å². The van der Waals surface area contributed by atoms with Gasteiger partial charge in [-0.2, -0.15) is 0 Å². The summed E-state index contributed by atoms with van der Waals surface area (Å²) in [5.74, 6) is 1.02. The molecule has 0 radical (unpaired) electrons. The highest BCUT2D eigenvalue weighted by molar-refractivity contribution is 14.1. The topological polar surface area (TPSA) is 18.5 Å².